The number of nitrogens with one attached hydrogen (secondary N) is 2. The first-order valence-electron chi connectivity index (χ1n) is 20.5. The summed E-state index contributed by atoms with van der Waals surface area (Å²) in [7, 11) is 0. The van der Waals surface area contributed by atoms with Gasteiger partial charge in [-0.3, -0.25) is 9.59 Å². The average molecular weight is 850 g/mol. The van der Waals surface area contributed by atoms with Gasteiger partial charge in [-0.25, -0.2) is 9.59 Å². The maximum absolute atomic E-state index is 14.5. The number of ketones is 1. The van der Waals surface area contributed by atoms with Crippen LogP contribution in [0, 0.1) is 46.8 Å². The van der Waals surface area contributed by atoms with Crippen LogP contribution in [0.5, 0.6) is 0 Å². The molecule has 1 aromatic rings. The van der Waals surface area contributed by atoms with Crippen molar-refractivity contribution in [1.29, 1.82) is 0 Å². The molecular weight excluding hydrogens is 787 g/mol. The number of carbonyl (C=O) groups is 4. The number of aromatic nitrogens is 1. The van der Waals surface area contributed by atoms with Gasteiger partial charge < -0.3 is 40.2 Å². The number of H-pyrrole nitrogens is 1. The minimum atomic E-state index is -1.54. The second-order valence-corrected chi connectivity index (χ2v) is 15.9. The largest absolute Gasteiger partial charge is 0.511 e. The molecule has 0 spiro atoms. The van der Waals surface area contributed by atoms with Crippen molar-refractivity contribution in [2.75, 3.05) is 6.61 Å². The number of aliphatic carboxylic acids is 2. The van der Waals surface area contributed by atoms with Crippen molar-refractivity contribution in [3.8, 4) is 0 Å². The number of carboxylic acids is 2. The highest BCUT2D eigenvalue weighted by atomic mass is 35.5. The third-order valence-electron chi connectivity index (χ3n) is 11.6. The lowest BCUT2D eigenvalue weighted by Gasteiger charge is -2.48. The average Bonchev–Trinajstić information content (AvgIpc) is 3.54. The van der Waals surface area contributed by atoms with Gasteiger partial charge >= 0.3 is 11.9 Å². The maximum atomic E-state index is 14.5. The Morgan fingerprint density at radius 1 is 1.05 bits per heavy atom. The maximum Gasteiger partial charge on any atom is 0.342 e. The van der Waals surface area contributed by atoms with Crippen molar-refractivity contribution < 1.29 is 49.1 Å². The summed E-state index contributed by atoms with van der Waals surface area (Å²) in [5, 5.41) is 46.1. The van der Waals surface area contributed by atoms with Gasteiger partial charge in [0, 0.05) is 28.7 Å². The molecule has 1 heterocycles. The number of hydrogen-bond acceptors (Lipinski definition) is 8. The standard InChI is InChI=1S/C40H50Cl2N2O10.2C2H6/c1-5-22-16-27-34(46)32(39(51)52)35(47)31-23(10-8-6-7-9-15-40(27,4)18-26(22)38(49)50)12-14-25-24(31)13-11-20(2)36(25)54-30(19-45)53-21(3)43-37(48)33-28(41)17-29(42)44-33;2*1-2/h6,8-9,12,14-15,17-18,20-25,27,30-31,36,44-45,47H,5,7,10-11,13,16,19H2,1-4H3,(H,43,48)(H,49,50)(H,51,52);2*1-2H3/b8-6+,15-9+,35-32-;;/t20-,21?,22?,23?,24?,25?,27?,30?,31?,36-,40-;;/m0../s1. The zero-order chi connectivity index (χ0) is 43.5. The van der Waals surface area contributed by atoms with E-state index >= 15 is 0 Å². The Labute approximate surface area is 352 Å². The van der Waals surface area contributed by atoms with E-state index in [1.54, 1.807) is 26.0 Å². The van der Waals surface area contributed by atoms with E-state index in [2.05, 4.69) is 10.3 Å². The van der Waals surface area contributed by atoms with Crippen LogP contribution in [0.25, 0.3) is 0 Å². The Morgan fingerprint density at radius 2 is 1.74 bits per heavy atom. The van der Waals surface area contributed by atoms with Crippen LogP contribution in [-0.2, 0) is 23.9 Å². The van der Waals surface area contributed by atoms with Crippen LogP contribution >= 0.6 is 23.2 Å². The third kappa shape index (κ3) is 11.1. The molecule has 8 unspecified atom stereocenters. The van der Waals surface area contributed by atoms with Crippen molar-refractivity contribution in [2.24, 2.45) is 46.8 Å². The predicted octanol–water partition coefficient (Wildman–Crippen LogP) is 9.07. The monoisotopic (exact) mass is 848 g/mol. The number of halogens is 2. The van der Waals surface area contributed by atoms with Crippen molar-refractivity contribution in [3.05, 3.63) is 81.4 Å². The number of allylic oxidation sites excluding steroid dienone is 7. The zero-order valence-electron chi connectivity index (χ0n) is 34.8. The van der Waals surface area contributed by atoms with E-state index in [9.17, 15) is 39.6 Å². The van der Waals surface area contributed by atoms with Gasteiger partial charge in [0.2, 0.25) is 0 Å². The van der Waals surface area contributed by atoms with Gasteiger partial charge in [0.25, 0.3) is 5.91 Å². The molecule has 14 heteroatoms. The predicted molar refractivity (Wildman–Crippen MR) is 224 cm³/mol. The first-order chi connectivity index (χ1) is 27.6. The lowest BCUT2D eigenvalue weighted by molar-refractivity contribution is -0.234. The third-order valence-corrected chi connectivity index (χ3v) is 12.1. The SMILES string of the molecule is CC.CC.CCC1CC2C(=O)/C(C(=O)O)=C(/O)C3C(C=CC4C3CC[C@H](C)[C@@H]4OC(CO)OC(C)NC(=O)c3[nH]c(Cl)cc3Cl)C/C=C/C/C=C/[C@@]2(C)C=C1C(=O)O. The van der Waals surface area contributed by atoms with E-state index in [1.165, 1.54) is 6.07 Å². The number of fused-ring (bicyclic) bond motifs is 4. The molecule has 4 aliphatic carbocycles. The molecule has 0 radical (unpaired) electrons. The number of aliphatic hydroxyl groups is 2. The Morgan fingerprint density at radius 3 is 2.33 bits per heavy atom. The van der Waals surface area contributed by atoms with E-state index in [0.717, 1.165) is 0 Å². The zero-order valence-corrected chi connectivity index (χ0v) is 36.3. The van der Waals surface area contributed by atoms with E-state index < -0.39 is 83.4 Å². The summed E-state index contributed by atoms with van der Waals surface area (Å²) in [6, 6.07) is 1.40. The van der Waals surface area contributed by atoms with Crippen LogP contribution in [0.2, 0.25) is 10.2 Å². The Hall–Kier alpha value is -3.68. The highest BCUT2D eigenvalue weighted by molar-refractivity contribution is 6.36. The summed E-state index contributed by atoms with van der Waals surface area (Å²) < 4.78 is 12.3. The van der Waals surface area contributed by atoms with Crippen LogP contribution in [0.1, 0.15) is 104 Å². The molecule has 58 heavy (non-hydrogen) atoms. The van der Waals surface area contributed by atoms with Gasteiger partial charge in [-0.15, -0.1) is 0 Å². The van der Waals surface area contributed by atoms with Crippen LogP contribution < -0.4 is 5.32 Å². The highest BCUT2D eigenvalue weighted by Gasteiger charge is 2.50. The molecule has 0 aliphatic heterocycles. The number of aliphatic hydroxyl groups excluding tert-OH is 2. The molecule has 0 saturated heterocycles. The molecule has 12 nitrogen and oxygen atoms in total. The number of rotatable bonds is 10. The van der Waals surface area contributed by atoms with Crippen LogP contribution in [-0.4, -0.2) is 74.3 Å². The van der Waals surface area contributed by atoms with Crippen LogP contribution in [0.3, 0.4) is 0 Å². The number of hydrogen-bond donors (Lipinski definition) is 6. The number of Topliss-reactive ketones (excluding diaryl/α,β-unsaturated/α-hetero) is 1. The molecule has 322 valence electrons. The van der Waals surface area contributed by atoms with E-state index in [4.69, 9.17) is 32.7 Å². The molecule has 5 rings (SSSR count). The minimum absolute atomic E-state index is 0.0357. The molecule has 4 aliphatic rings. The van der Waals surface area contributed by atoms with Crippen molar-refractivity contribution in [3.63, 3.8) is 0 Å². The van der Waals surface area contributed by atoms with E-state index in [0.29, 0.717) is 32.1 Å². The molecule has 0 bridgehead atoms. The number of aromatic amines is 1. The van der Waals surface area contributed by atoms with Crippen molar-refractivity contribution in [1.82, 2.24) is 10.3 Å². The summed E-state index contributed by atoms with van der Waals surface area (Å²) >= 11 is 12.0. The second kappa shape index (κ2) is 22.1. The fourth-order valence-electron chi connectivity index (χ4n) is 8.87. The van der Waals surface area contributed by atoms with Crippen LogP contribution in [0.15, 0.2) is 65.5 Å². The molecule has 0 aromatic carbocycles. The van der Waals surface area contributed by atoms with Gasteiger partial charge in [0.1, 0.15) is 28.4 Å². The molecule has 1 saturated carbocycles. The lowest BCUT2D eigenvalue weighted by Crippen LogP contribution is -2.49. The molecule has 6 N–H and O–H groups in total. The van der Waals surface area contributed by atoms with Gasteiger partial charge in [0.15, 0.2) is 12.1 Å². The van der Waals surface area contributed by atoms with Gasteiger partial charge in [0.05, 0.1) is 17.7 Å². The van der Waals surface area contributed by atoms with E-state index in [1.807, 2.05) is 71.9 Å². The summed E-state index contributed by atoms with van der Waals surface area (Å²) in [5.74, 6) is -7.61. The van der Waals surface area contributed by atoms with Crippen molar-refractivity contribution in [2.45, 2.75) is 113 Å². The van der Waals surface area contributed by atoms with Crippen LogP contribution in [0.4, 0.5) is 0 Å². The molecule has 1 aromatic heterocycles. The number of carboxylic acid groups (broad SMARTS) is 2. The first-order valence-corrected chi connectivity index (χ1v) is 21.3. The lowest BCUT2D eigenvalue weighted by atomic mass is 9.59. The second-order valence-electron chi connectivity index (χ2n) is 15.1. The molecule has 1 fully saturated rings. The highest BCUT2D eigenvalue weighted by Crippen LogP contribution is 2.51. The van der Waals surface area contributed by atoms with E-state index in [-0.39, 0.29) is 51.5 Å². The number of carbonyl (C=O) groups excluding carboxylic acids is 2. The van der Waals surface area contributed by atoms with Gasteiger partial charge in [-0.2, -0.15) is 0 Å². The van der Waals surface area contributed by atoms with Gasteiger partial charge in [-0.1, -0.05) is 114 Å². The summed E-state index contributed by atoms with van der Waals surface area (Å²) in [4.78, 5) is 55.3. The van der Waals surface area contributed by atoms with Gasteiger partial charge in [-0.05, 0) is 75.2 Å². The molecular formula is C44H62Cl2N2O10. The fraction of sp³-hybridized carbons (Fsp3) is 0.591. The molecule has 11 atom stereocenters. The fourth-order valence-corrected chi connectivity index (χ4v) is 9.38. The normalized spacial score (nSPS) is 32.8. The summed E-state index contributed by atoms with van der Waals surface area (Å²) in [6.45, 7) is 14.6. The topological polar surface area (TPSA) is 195 Å². The Balaban J connectivity index is 0.00000218. The Bertz CT molecular complexity index is 1760. The molecule has 1 amide bonds. The number of amides is 1. The summed E-state index contributed by atoms with van der Waals surface area (Å²) in [6.07, 6.45) is 13.3. The Kier molecular flexibility index (Phi) is 18.5. The quantitative estimate of drug-likeness (QED) is 0.0751. The number of ether oxygens (including phenoxy) is 2. The van der Waals surface area contributed by atoms with Crippen molar-refractivity contribution >= 4 is 46.8 Å². The smallest absolute Gasteiger partial charge is 0.342 e. The minimum Gasteiger partial charge on any atom is -0.511 e. The summed E-state index contributed by atoms with van der Waals surface area (Å²) in [5.41, 5.74) is -1.54. The first kappa shape index (κ1) is 48.7.